The number of carbonyl (C=O) groups excluding carboxylic acids is 2. The van der Waals surface area contributed by atoms with Crippen LogP contribution in [0.15, 0.2) is 12.2 Å². The summed E-state index contributed by atoms with van der Waals surface area (Å²) in [5.41, 5.74) is 12.4. The van der Waals surface area contributed by atoms with Crippen LogP contribution in [0.5, 0.6) is 0 Å². The van der Waals surface area contributed by atoms with Crippen LogP contribution in [0.1, 0.15) is 107 Å². The summed E-state index contributed by atoms with van der Waals surface area (Å²) in [6.45, 7) is 17.7. The van der Waals surface area contributed by atoms with Crippen molar-refractivity contribution >= 4 is 11.9 Å². The van der Waals surface area contributed by atoms with E-state index in [1.165, 1.54) is 38.5 Å². The Kier molecular flexibility index (Phi) is 20.4. The predicted octanol–water partition coefficient (Wildman–Crippen LogP) is 2.92. The fourth-order valence-corrected chi connectivity index (χ4v) is 3.37. The second-order valence-electron chi connectivity index (χ2n) is 9.68. The van der Waals surface area contributed by atoms with Crippen LogP contribution in [-0.2, 0) is 9.59 Å². The summed E-state index contributed by atoms with van der Waals surface area (Å²) >= 11 is 0. The van der Waals surface area contributed by atoms with Gasteiger partial charge in [0, 0.05) is 11.1 Å². The average molecular weight is 429 g/mol. The summed E-state index contributed by atoms with van der Waals surface area (Å²) in [4.78, 5) is 18.8. The predicted molar refractivity (Wildman–Crippen MR) is 122 cm³/mol. The average Bonchev–Trinajstić information content (AvgIpc) is 2.55. The van der Waals surface area contributed by atoms with Crippen molar-refractivity contribution in [1.29, 1.82) is 0 Å². The first-order valence-electron chi connectivity index (χ1n) is 11.3. The molecule has 0 heterocycles. The molecule has 2 atom stereocenters. The van der Waals surface area contributed by atoms with Gasteiger partial charge in [0.05, 0.1) is 11.9 Å². The minimum atomic E-state index is -1.55. The first-order valence-corrected chi connectivity index (χ1v) is 11.3. The standard InChI is InChI=1S/2C10H23N.C4H4O4/c2*1-5-6-7-10(4,11)8-9(2)3;5-3(6)1-2-4(7)8/h2*9H,5-8,11H2,1-4H3;1-2H,(H,5,6)(H,7,8)/p-2/b;;2-1+. The number of aliphatic carboxylic acids is 2. The largest absolute Gasteiger partial charge is 0.545 e. The zero-order valence-corrected chi connectivity index (χ0v) is 20.8. The molecule has 0 aromatic rings. The van der Waals surface area contributed by atoms with Crippen LogP contribution in [0.4, 0.5) is 0 Å². The summed E-state index contributed by atoms with van der Waals surface area (Å²) in [6.07, 6.45) is 10.4. The molecule has 0 saturated heterocycles. The molecule has 0 spiro atoms. The van der Waals surface area contributed by atoms with Crippen molar-refractivity contribution < 1.29 is 19.8 Å². The van der Waals surface area contributed by atoms with Crippen molar-refractivity contribution in [1.82, 2.24) is 0 Å². The van der Waals surface area contributed by atoms with Gasteiger partial charge in [-0.15, -0.1) is 0 Å². The fraction of sp³-hybridized carbons (Fsp3) is 0.833. The van der Waals surface area contributed by atoms with E-state index in [0.29, 0.717) is 12.2 Å². The van der Waals surface area contributed by atoms with Gasteiger partial charge in [0.1, 0.15) is 0 Å². The highest BCUT2D eigenvalue weighted by Crippen LogP contribution is 2.20. The molecular formula is C24H48N2O4-2. The molecule has 0 rings (SSSR count). The highest BCUT2D eigenvalue weighted by Gasteiger charge is 2.19. The number of hydrogen-bond acceptors (Lipinski definition) is 6. The van der Waals surface area contributed by atoms with Gasteiger partial charge in [-0.25, -0.2) is 0 Å². The maximum absolute atomic E-state index is 9.41. The van der Waals surface area contributed by atoms with E-state index in [4.69, 9.17) is 11.5 Å². The molecule has 0 aromatic carbocycles. The lowest BCUT2D eigenvalue weighted by atomic mass is 9.87. The molecule has 0 radical (unpaired) electrons. The Balaban J connectivity index is -0.000000370. The molecule has 0 saturated carbocycles. The van der Waals surface area contributed by atoms with Crippen molar-refractivity contribution in [2.75, 3.05) is 0 Å². The summed E-state index contributed by atoms with van der Waals surface area (Å²) in [5.74, 6) is -1.65. The monoisotopic (exact) mass is 428 g/mol. The molecule has 30 heavy (non-hydrogen) atoms. The zero-order valence-electron chi connectivity index (χ0n) is 20.8. The highest BCUT2D eigenvalue weighted by molar-refractivity contribution is 5.87. The lowest BCUT2D eigenvalue weighted by Gasteiger charge is -2.26. The molecule has 6 nitrogen and oxygen atoms in total. The molecule has 6 heteroatoms. The molecule has 2 unspecified atom stereocenters. The number of hydrogen-bond donors (Lipinski definition) is 2. The maximum Gasteiger partial charge on any atom is 0.0643 e. The molecular weight excluding hydrogens is 380 g/mol. The van der Waals surface area contributed by atoms with Gasteiger partial charge in [-0.05, 0) is 63.5 Å². The Hall–Kier alpha value is -1.40. The molecule has 0 aliphatic rings. The van der Waals surface area contributed by atoms with Gasteiger partial charge in [-0.2, -0.15) is 0 Å². The van der Waals surface area contributed by atoms with Gasteiger partial charge in [-0.3, -0.25) is 0 Å². The van der Waals surface area contributed by atoms with Gasteiger partial charge in [0.15, 0.2) is 0 Å². The number of rotatable bonds is 12. The molecule has 0 aliphatic carbocycles. The summed E-state index contributed by atoms with van der Waals surface area (Å²) < 4.78 is 0. The smallest absolute Gasteiger partial charge is 0.0643 e. The van der Waals surface area contributed by atoms with E-state index < -0.39 is 11.9 Å². The Morgan fingerprint density at radius 3 is 1.20 bits per heavy atom. The van der Waals surface area contributed by atoms with Crippen LogP contribution in [-0.4, -0.2) is 23.0 Å². The lowest BCUT2D eigenvalue weighted by Crippen LogP contribution is -2.37. The van der Waals surface area contributed by atoms with Gasteiger partial charge >= 0.3 is 0 Å². The van der Waals surface area contributed by atoms with Gasteiger partial charge < -0.3 is 31.3 Å². The van der Waals surface area contributed by atoms with Crippen LogP contribution < -0.4 is 21.7 Å². The lowest BCUT2D eigenvalue weighted by molar-refractivity contribution is -0.301. The van der Waals surface area contributed by atoms with Crippen LogP contribution in [0.3, 0.4) is 0 Å². The highest BCUT2D eigenvalue weighted by atomic mass is 16.4. The summed E-state index contributed by atoms with van der Waals surface area (Å²) in [6, 6.07) is 0. The fourth-order valence-electron chi connectivity index (χ4n) is 3.37. The summed E-state index contributed by atoms with van der Waals surface area (Å²) in [7, 11) is 0. The van der Waals surface area contributed by atoms with Crippen LogP contribution in [0, 0.1) is 11.8 Å². The van der Waals surface area contributed by atoms with Crippen LogP contribution >= 0.6 is 0 Å². The number of carboxylic acid groups (broad SMARTS) is 2. The van der Waals surface area contributed by atoms with Crippen molar-refractivity contribution in [3.8, 4) is 0 Å². The number of nitrogens with two attached hydrogens (primary N) is 2. The van der Waals surface area contributed by atoms with Gasteiger partial charge in [0.2, 0.25) is 0 Å². The molecule has 0 bridgehead atoms. The van der Waals surface area contributed by atoms with Crippen molar-refractivity contribution in [2.24, 2.45) is 23.3 Å². The Morgan fingerprint density at radius 2 is 1.03 bits per heavy atom. The quantitative estimate of drug-likeness (QED) is 0.459. The minimum absolute atomic E-state index is 0.0736. The number of carbonyl (C=O) groups is 2. The molecule has 0 fully saturated rings. The second kappa shape index (κ2) is 18.4. The molecule has 180 valence electrons. The number of unbranched alkanes of at least 4 members (excludes halogenated alkanes) is 2. The zero-order chi connectivity index (χ0) is 24.4. The Bertz CT molecular complexity index is 428. The van der Waals surface area contributed by atoms with Crippen molar-refractivity contribution in [3.63, 3.8) is 0 Å². The summed E-state index contributed by atoms with van der Waals surface area (Å²) in [5, 5.41) is 18.8. The topological polar surface area (TPSA) is 132 Å². The molecule has 0 amide bonds. The van der Waals surface area contributed by atoms with Crippen molar-refractivity contribution in [2.45, 2.75) is 118 Å². The van der Waals surface area contributed by atoms with E-state index >= 15 is 0 Å². The third-order valence-electron chi connectivity index (χ3n) is 4.31. The number of carboxylic acids is 2. The van der Waals surface area contributed by atoms with E-state index in [1.807, 2.05) is 0 Å². The molecule has 0 aliphatic heterocycles. The first kappa shape index (κ1) is 33.2. The van der Waals surface area contributed by atoms with Crippen LogP contribution in [0.2, 0.25) is 0 Å². The molecule has 0 aromatic heterocycles. The van der Waals surface area contributed by atoms with E-state index in [-0.39, 0.29) is 11.1 Å². The van der Waals surface area contributed by atoms with Crippen molar-refractivity contribution in [3.05, 3.63) is 12.2 Å². The third-order valence-corrected chi connectivity index (χ3v) is 4.31. The van der Waals surface area contributed by atoms with Gasteiger partial charge in [0.25, 0.3) is 0 Å². The second-order valence-corrected chi connectivity index (χ2v) is 9.68. The minimum Gasteiger partial charge on any atom is -0.545 e. The third kappa shape index (κ3) is 31.3. The van der Waals surface area contributed by atoms with Gasteiger partial charge in [-0.1, -0.05) is 67.2 Å². The maximum atomic E-state index is 9.41. The first-order chi connectivity index (χ1) is 13.6. The SMILES string of the molecule is CCCCC(C)(N)CC(C)C.CCCCC(C)(N)CC(C)C.O=C([O-])/C=C/C(=O)[O-]. The Labute approximate surface area is 185 Å². The van der Waals surface area contributed by atoms with Crippen LogP contribution in [0.25, 0.3) is 0 Å². The van der Waals surface area contributed by atoms with E-state index in [1.54, 1.807) is 0 Å². The normalized spacial score (nSPS) is 14.9. The Morgan fingerprint density at radius 1 is 0.767 bits per heavy atom. The van der Waals surface area contributed by atoms with E-state index in [0.717, 1.165) is 24.7 Å². The van der Waals surface area contributed by atoms with E-state index in [2.05, 4.69) is 55.4 Å². The molecule has 4 N–H and O–H groups in total. The van der Waals surface area contributed by atoms with E-state index in [9.17, 15) is 19.8 Å².